The van der Waals surface area contributed by atoms with Crippen LogP contribution in [0.3, 0.4) is 0 Å². The maximum atomic E-state index is 3.85. The van der Waals surface area contributed by atoms with Crippen LogP contribution in [0, 0.1) is 35.0 Å². The fourth-order valence-electron chi connectivity index (χ4n) is 5.47. The van der Waals surface area contributed by atoms with Crippen molar-refractivity contribution in [2.45, 2.75) is 85.1 Å². The highest BCUT2D eigenvalue weighted by Gasteiger charge is 2.41. The van der Waals surface area contributed by atoms with Crippen molar-refractivity contribution in [3.63, 3.8) is 0 Å². The Bertz CT molecular complexity index is 332. The second kappa shape index (κ2) is 6.22. The lowest BCUT2D eigenvalue weighted by molar-refractivity contribution is 0.0371. The molecule has 4 unspecified atom stereocenters. The van der Waals surface area contributed by atoms with Gasteiger partial charge in [-0.05, 0) is 92.9 Å². The molecule has 21 heavy (non-hydrogen) atoms. The monoisotopic (exact) mass is 291 g/mol. The SMILES string of the molecule is CC1CC(C)CC(C2CC(C)(C)CCC2CNC2CC2)C1. The zero-order valence-corrected chi connectivity index (χ0v) is 14.8. The second-order valence-corrected chi connectivity index (χ2v) is 9.69. The summed E-state index contributed by atoms with van der Waals surface area (Å²) in [6, 6.07) is 0.879. The normalized spacial score (nSPS) is 43.7. The van der Waals surface area contributed by atoms with E-state index in [2.05, 4.69) is 33.0 Å². The maximum Gasteiger partial charge on any atom is 0.00683 e. The van der Waals surface area contributed by atoms with Crippen molar-refractivity contribution in [2.24, 2.45) is 35.0 Å². The predicted molar refractivity (Wildman–Crippen MR) is 91.3 cm³/mol. The zero-order chi connectivity index (χ0) is 15.0. The molecule has 0 aromatic carbocycles. The molecular weight excluding hydrogens is 254 g/mol. The third kappa shape index (κ3) is 4.24. The van der Waals surface area contributed by atoms with Gasteiger partial charge in [0.25, 0.3) is 0 Å². The summed E-state index contributed by atoms with van der Waals surface area (Å²) in [6.45, 7) is 11.3. The Labute approximate surface area is 132 Å². The van der Waals surface area contributed by atoms with E-state index in [1.54, 1.807) is 0 Å². The molecule has 0 aromatic rings. The van der Waals surface area contributed by atoms with Crippen LogP contribution < -0.4 is 5.32 Å². The van der Waals surface area contributed by atoms with Gasteiger partial charge in [0.15, 0.2) is 0 Å². The van der Waals surface area contributed by atoms with Gasteiger partial charge in [0, 0.05) is 6.04 Å². The highest BCUT2D eigenvalue weighted by Crippen LogP contribution is 2.49. The summed E-state index contributed by atoms with van der Waals surface area (Å²) in [4.78, 5) is 0. The van der Waals surface area contributed by atoms with E-state index in [4.69, 9.17) is 0 Å². The molecule has 0 bridgehead atoms. The molecule has 3 saturated carbocycles. The molecule has 0 aromatic heterocycles. The summed E-state index contributed by atoms with van der Waals surface area (Å²) < 4.78 is 0. The summed E-state index contributed by atoms with van der Waals surface area (Å²) in [5, 5.41) is 3.85. The lowest BCUT2D eigenvalue weighted by atomic mass is 9.59. The highest BCUT2D eigenvalue weighted by atomic mass is 14.9. The Morgan fingerprint density at radius 1 is 0.952 bits per heavy atom. The van der Waals surface area contributed by atoms with Gasteiger partial charge in [-0.15, -0.1) is 0 Å². The third-order valence-corrected chi connectivity index (χ3v) is 6.65. The molecule has 1 heteroatoms. The molecule has 3 fully saturated rings. The smallest absolute Gasteiger partial charge is 0.00683 e. The van der Waals surface area contributed by atoms with Gasteiger partial charge in [-0.25, -0.2) is 0 Å². The molecule has 0 heterocycles. The summed E-state index contributed by atoms with van der Waals surface area (Å²) in [5.74, 6) is 4.88. The fourth-order valence-corrected chi connectivity index (χ4v) is 5.47. The minimum Gasteiger partial charge on any atom is -0.314 e. The molecule has 0 saturated heterocycles. The number of hydrogen-bond acceptors (Lipinski definition) is 1. The van der Waals surface area contributed by atoms with E-state index in [1.165, 1.54) is 57.9 Å². The van der Waals surface area contributed by atoms with Crippen molar-refractivity contribution >= 4 is 0 Å². The Morgan fingerprint density at radius 2 is 1.62 bits per heavy atom. The second-order valence-electron chi connectivity index (χ2n) is 9.69. The average molecular weight is 292 g/mol. The minimum absolute atomic E-state index is 0.588. The number of rotatable bonds is 4. The van der Waals surface area contributed by atoms with Crippen LogP contribution in [0.4, 0.5) is 0 Å². The molecule has 0 aliphatic heterocycles. The van der Waals surface area contributed by atoms with E-state index >= 15 is 0 Å². The molecule has 0 spiro atoms. The molecule has 0 radical (unpaired) electrons. The number of hydrogen-bond donors (Lipinski definition) is 1. The lowest BCUT2D eigenvalue weighted by Gasteiger charge is -2.47. The van der Waals surface area contributed by atoms with Crippen LogP contribution in [-0.4, -0.2) is 12.6 Å². The Morgan fingerprint density at radius 3 is 2.24 bits per heavy atom. The molecule has 1 nitrogen and oxygen atoms in total. The lowest BCUT2D eigenvalue weighted by Crippen LogP contribution is -2.41. The highest BCUT2D eigenvalue weighted by molar-refractivity contribution is 4.93. The first-order valence-electron chi connectivity index (χ1n) is 9.66. The van der Waals surface area contributed by atoms with E-state index in [-0.39, 0.29) is 0 Å². The first-order valence-corrected chi connectivity index (χ1v) is 9.66. The molecule has 122 valence electrons. The molecule has 3 rings (SSSR count). The van der Waals surface area contributed by atoms with E-state index in [1.807, 2.05) is 0 Å². The summed E-state index contributed by atoms with van der Waals surface area (Å²) in [5.41, 5.74) is 0.588. The van der Waals surface area contributed by atoms with Gasteiger partial charge in [0.2, 0.25) is 0 Å². The van der Waals surface area contributed by atoms with Crippen molar-refractivity contribution < 1.29 is 0 Å². The van der Waals surface area contributed by atoms with Gasteiger partial charge in [0.05, 0.1) is 0 Å². The van der Waals surface area contributed by atoms with E-state index in [0.29, 0.717) is 5.41 Å². The Balaban J connectivity index is 1.65. The summed E-state index contributed by atoms with van der Waals surface area (Å²) >= 11 is 0. The van der Waals surface area contributed by atoms with Crippen LogP contribution in [0.25, 0.3) is 0 Å². The van der Waals surface area contributed by atoms with Crippen molar-refractivity contribution in [2.75, 3.05) is 6.54 Å². The molecule has 0 amide bonds. The van der Waals surface area contributed by atoms with Crippen LogP contribution >= 0.6 is 0 Å². The van der Waals surface area contributed by atoms with Crippen molar-refractivity contribution in [3.05, 3.63) is 0 Å². The van der Waals surface area contributed by atoms with Crippen molar-refractivity contribution in [1.82, 2.24) is 5.32 Å². The zero-order valence-electron chi connectivity index (χ0n) is 14.8. The fraction of sp³-hybridized carbons (Fsp3) is 1.00. The molecule has 3 aliphatic rings. The van der Waals surface area contributed by atoms with Gasteiger partial charge in [0.1, 0.15) is 0 Å². The first kappa shape index (κ1) is 15.8. The average Bonchev–Trinajstić information content (AvgIpc) is 3.19. The van der Waals surface area contributed by atoms with Crippen LogP contribution in [0.15, 0.2) is 0 Å². The van der Waals surface area contributed by atoms with E-state index in [0.717, 1.165) is 35.6 Å². The summed E-state index contributed by atoms with van der Waals surface area (Å²) in [7, 11) is 0. The maximum absolute atomic E-state index is 3.85. The van der Waals surface area contributed by atoms with Crippen LogP contribution in [0.2, 0.25) is 0 Å². The van der Waals surface area contributed by atoms with Crippen molar-refractivity contribution in [1.29, 1.82) is 0 Å². The van der Waals surface area contributed by atoms with E-state index < -0.39 is 0 Å². The first-order chi connectivity index (χ1) is 9.93. The van der Waals surface area contributed by atoms with Crippen LogP contribution in [-0.2, 0) is 0 Å². The molecular formula is C20H37N. The van der Waals surface area contributed by atoms with Gasteiger partial charge >= 0.3 is 0 Å². The largest absolute Gasteiger partial charge is 0.314 e. The van der Waals surface area contributed by atoms with Crippen LogP contribution in [0.5, 0.6) is 0 Å². The molecule has 4 atom stereocenters. The summed E-state index contributed by atoms with van der Waals surface area (Å²) in [6.07, 6.45) is 11.7. The minimum atomic E-state index is 0.588. The predicted octanol–water partition coefficient (Wildman–Crippen LogP) is 5.25. The number of nitrogens with one attached hydrogen (secondary N) is 1. The Hall–Kier alpha value is -0.0400. The standard InChI is InChI=1S/C20H37N/c1-14-9-15(2)11-17(10-14)19-12-20(3,4)8-7-16(19)13-21-18-5-6-18/h14-19,21H,5-13H2,1-4H3. The molecule has 3 aliphatic carbocycles. The topological polar surface area (TPSA) is 12.0 Å². The van der Waals surface area contributed by atoms with Crippen LogP contribution in [0.1, 0.15) is 79.1 Å². The van der Waals surface area contributed by atoms with Gasteiger partial charge < -0.3 is 5.32 Å². The van der Waals surface area contributed by atoms with Crippen molar-refractivity contribution in [3.8, 4) is 0 Å². The van der Waals surface area contributed by atoms with Gasteiger partial charge in [-0.3, -0.25) is 0 Å². The third-order valence-electron chi connectivity index (χ3n) is 6.65. The van der Waals surface area contributed by atoms with E-state index in [9.17, 15) is 0 Å². The Kier molecular flexibility index (Phi) is 4.69. The van der Waals surface area contributed by atoms with Gasteiger partial charge in [-0.1, -0.05) is 27.7 Å². The van der Waals surface area contributed by atoms with Gasteiger partial charge in [-0.2, -0.15) is 0 Å². The molecule has 1 N–H and O–H groups in total. The quantitative estimate of drug-likeness (QED) is 0.745.